The van der Waals surface area contributed by atoms with Gasteiger partial charge in [0.15, 0.2) is 0 Å². The zero-order valence-electron chi connectivity index (χ0n) is 19.4. The molecule has 1 N–H and O–H groups in total. The van der Waals surface area contributed by atoms with Crippen molar-refractivity contribution in [1.29, 1.82) is 0 Å². The molecular weight excluding hydrogens is 441 g/mol. The molecule has 3 amide bonds. The number of ether oxygens (including phenoxy) is 2. The second kappa shape index (κ2) is 9.80. The van der Waals surface area contributed by atoms with Crippen LogP contribution in [0.15, 0.2) is 42.5 Å². The van der Waals surface area contributed by atoms with Gasteiger partial charge >= 0.3 is 0 Å². The number of hydrogen-bond acceptors (Lipinski definition) is 5. The number of rotatable bonds is 4. The molecule has 4 rings (SSSR count). The minimum absolute atomic E-state index is 0.000188. The maximum Gasteiger partial charge on any atom is 0.257 e. The number of carbonyl (C=O) groups is 3. The third kappa shape index (κ3) is 5.04. The van der Waals surface area contributed by atoms with Gasteiger partial charge in [-0.2, -0.15) is 0 Å². The summed E-state index contributed by atoms with van der Waals surface area (Å²) in [6.07, 6.45) is 1.08. The van der Waals surface area contributed by atoms with Gasteiger partial charge in [-0.05, 0) is 55.3 Å². The predicted octanol–water partition coefficient (Wildman–Crippen LogP) is 2.94. The molecule has 34 heavy (non-hydrogen) atoms. The second-order valence-corrected chi connectivity index (χ2v) is 8.83. The zero-order chi connectivity index (χ0) is 24.4. The van der Waals surface area contributed by atoms with E-state index in [0.29, 0.717) is 41.8 Å². The standard InChI is InChI=1S/C25H28FN3O5/c1-28(2)23(30)13-18-9-10-20-22(34-18)14-33-21-11-8-17(12-19(21)25(32)29(20)3)27-24(31)15-4-6-16(26)7-5-15/h4-8,11-12,18,20,22H,9-10,13-14H2,1-3H3,(H,27,31)/t18-,20+,22-/m0/s1. The predicted molar refractivity (Wildman–Crippen MR) is 123 cm³/mol. The Morgan fingerprint density at radius 1 is 1.15 bits per heavy atom. The van der Waals surface area contributed by atoms with Crippen molar-refractivity contribution in [3.63, 3.8) is 0 Å². The van der Waals surface area contributed by atoms with Gasteiger partial charge < -0.3 is 24.6 Å². The van der Waals surface area contributed by atoms with E-state index in [4.69, 9.17) is 9.47 Å². The second-order valence-electron chi connectivity index (χ2n) is 8.83. The summed E-state index contributed by atoms with van der Waals surface area (Å²) in [6, 6.07) is 9.88. The maximum absolute atomic E-state index is 13.3. The van der Waals surface area contributed by atoms with E-state index < -0.39 is 11.7 Å². The summed E-state index contributed by atoms with van der Waals surface area (Å²) in [5, 5.41) is 2.74. The van der Waals surface area contributed by atoms with Gasteiger partial charge in [-0.15, -0.1) is 0 Å². The number of hydrogen-bond donors (Lipinski definition) is 1. The number of nitrogens with one attached hydrogen (secondary N) is 1. The molecule has 9 heteroatoms. The molecule has 0 bridgehead atoms. The largest absolute Gasteiger partial charge is 0.490 e. The van der Waals surface area contributed by atoms with Crippen LogP contribution in [0.1, 0.15) is 40.0 Å². The average Bonchev–Trinajstić information content (AvgIpc) is 2.82. The highest BCUT2D eigenvalue weighted by molar-refractivity contribution is 6.05. The van der Waals surface area contributed by atoms with E-state index >= 15 is 0 Å². The van der Waals surface area contributed by atoms with Gasteiger partial charge in [0.1, 0.15) is 24.3 Å². The SMILES string of the molecule is CN(C)C(=O)C[C@@H]1CC[C@@H]2[C@H](COc3ccc(NC(=O)c4ccc(F)cc4)cc3C(=O)N2C)O1. The number of amides is 3. The van der Waals surface area contributed by atoms with Gasteiger partial charge in [0, 0.05) is 32.4 Å². The fourth-order valence-electron chi connectivity index (χ4n) is 4.29. The summed E-state index contributed by atoms with van der Waals surface area (Å²) < 4.78 is 25.2. The number of halogens is 1. The van der Waals surface area contributed by atoms with Crippen molar-refractivity contribution in [1.82, 2.24) is 9.80 Å². The number of benzene rings is 2. The van der Waals surface area contributed by atoms with Crippen LogP contribution in [0.4, 0.5) is 10.1 Å². The van der Waals surface area contributed by atoms with Gasteiger partial charge in [0.25, 0.3) is 11.8 Å². The van der Waals surface area contributed by atoms with Crippen molar-refractivity contribution in [2.75, 3.05) is 33.1 Å². The number of nitrogens with zero attached hydrogens (tertiary/aromatic N) is 2. The van der Waals surface area contributed by atoms with Crippen LogP contribution in [0.5, 0.6) is 5.75 Å². The van der Waals surface area contributed by atoms with E-state index in [1.807, 2.05) is 0 Å². The minimum atomic E-state index is -0.427. The third-order valence-corrected chi connectivity index (χ3v) is 6.28. The molecule has 2 aromatic carbocycles. The van der Waals surface area contributed by atoms with Crippen LogP contribution >= 0.6 is 0 Å². The highest BCUT2D eigenvalue weighted by Crippen LogP contribution is 2.32. The summed E-state index contributed by atoms with van der Waals surface area (Å²) in [7, 11) is 5.16. The molecular formula is C25H28FN3O5. The molecule has 8 nitrogen and oxygen atoms in total. The van der Waals surface area contributed by atoms with Crippen molar-refractivity contribution >= 4 is 23.4 Å². The molecule has 2 aromatic rings. The Bertz CT molecular complexity index is 1090. The Kier molecular flexibility index (Phi) is 6.83. The molecule has 180 valence electrons. The van der Waals surface area contributed by atoms with E-state index in [9.17, 15) is 18.8 Å². The Balaban J connectivity index is 1.50. The number of fused-ring (bicyclic) bond motifs is 2. The van der Waals surface area contributed by atoms with Crippen molar-refractivity contribution in [3.8, 4) is 5.75 Å². The zero-order valence-corrected chi connectivity index (χ0v) is 19.4. The van der Waals surface area contributed by atoms with Crippen LogP contribution in [-0.2, 0) is 9.53 Å². The molecule has 2 aliphatic heterocycles. The van der Waals surface area contributed by atoms with Gasteiger partial charge in [-0.3, -0.25) is 14.4 Å². The third-order valence-electron chi connectivity index (χ3n) is 6.28. The molecule has 2 heterocycles. The van der Waals surface area contributed by atoms with Crippen molar-refractivity contribution in [2.24, 2.45) is 0 Å². The van der Waals surface area contributed by atoms with E-state index in [-0.39, 0.29) is 36.7 Å². The summed E-state index contributed by atoms with van der Waals surface area (Å²) in [6.45, 7) is 0.239. The molecule has 0 aromatic heterocycles. The fraction of sp³-hybridized carbons (Fsp3) is 0.400. The first-order valence-corrected chi connectivity index (χ1v) is 11.2. The summed E-state index contributed by atoms with van der Waals surface area (Å²) in [5.74, 6) is -0.685. The van der Waals surface area contributed by atoms with Crippen molar-refractivity contribution in [3.05, 3.63) is 59.4 Å². The van der Waals surface area contributed by atoms with Crippen LogP contribution in [0, 0.1) is 5.82 Å². The maximum atomic E-state index is 13.3. The summed E-state index contributed by atoms with van der Waals surface area (Å²) >= 11 is 0. The molecule has 1 saturated heterocycles. The van der Waals surface area contributed by atoms with Crippen LogP contribution in [0.3, 0.4) is 0 Å². The first kappa shape index (κ1) is 23.7. The monoisotopic (exact) mass is 469 g/mol. The van der Waals surface area contributed by atoms with E-state index in [1.165, 1.54) is 24.3 Å². The van der Waals surface area contributed by atoms with Crippen LogP contribution in [-0.4, -0.2) is 73.5 Å². The van der Waals surface area contributed by atoms with Gasteiger partial charge in [-0.1, -0.05) is 0 Å². The molecule has 0 spiro atoms. The number of anilines is 1. The molecule has 2 aliphatic rings. The average molecular weight is 470 g/mol. The lowest BCUT2D eigenvalue weighted by Gasteiger charge is -2.42. The summed E-state index contributed by atoms with van der Waals surface area (Å²) in [5.41, 5.74) is 1.07. The highest BCUT2D eigenvalue weighted by atomic mass is 19.1. The van der Waals surface area contributed by atoms with Gasteiger partial charge in [-0.25, -0.2) is 4.39 Å². The lowest BCUT2D eigenvalue weighted by Crippen LogP contribution is -2.53. The first-order valence-electron chi connectivity index (χ1n) is 11.2. The number of likely N-dealkylation sites (N-methyl/N-ethyl adjacent to an activating group) is 1. The van der Waals surface area contributed by atoms with E-state index in [2.05, 4.69) is 5.32 Å². The smallest absolute Gasteiger partial charge is 0.257 e. The van der Waals surface area contributed by atoms with Crippen LogP contribution < -0.4 is 10.1 Å². The lowest BCUT2D eigenvalue weighted by atomic mass is 9.94. The van der Waals surface area contributed by atoms with Crippen molar-refractivity contribution in [2.45, 2.75) is 37.5 Å². The quantitative estimate of drug-likeness (QED) is 0.744. The molecule has 3 atom stereocenters. The molecule has 0 saturated carbocycles. The lowest BCUT2D eigenvalue weighted by molar-refractivity contribution is -0.140. The minimum Gasteiger partial charge on any atom is -0.490 e. The van der Waals surface area contributed by atoms with Gasteiger partial charge in [0.2, 0.25) is 5.91 Å². The fourth-order valence-corrected chi connectivity index (χ4v) is 4.29. The van der Waals surface area contributed by atoms with E-state index in [1.54, 1.807) is 49.1 Å². The number of carbonyl (C=O) groups excluding carboxylic acids is 3. The van der Waals surface area contributed by atoms with E-state index in [0.717, 1.165) is 0 Å². The van der Waals surface area contributed by atoms with Crippen molar-refractivity contribution < 1.29 is 28.2 Å². The Hall–Kier alpha value is -3.46. The normalized spacial score (nSPS) is 21.9. The Morgan fingerprint density at radius 2 is 1.88 bits per heavy atom. The van der Waals surface area contributed by atoms with Crippen LogP contribution in [0.25, 0.3) is 0 Å². The Morgan fingerprint density at radius 3 is 2.59 bits per heavy atom. The molecule has 0 unspecified atom stereocenters. The first-order chi connectivity index (χ1) is 16.2. The molecule has 1 fully saturated rings. The van der Waals surface area contributed by atoms with Gasteiger partial charge in [0.05, 0.1) is 24.1 Å². The van der Waals surface area contributed by atoms with Crippen LogP contribution in [0.2, 0.25) is 0 Å². The summed E-state index contributed by atoms with van der Waals surface area (Å²) in [4.78, 5) is 41.1. The topological polar surface area (TPSA) is 88.2 Å². The molecule has 0 radical (unpaired) electrons. The molecule has 0 aliphatic carbocycles. The Labute approximate surface area is 197 Å². The highest BCUT2D eigenvalue weighted by Gasteiger charge is 2.39.